The van der Waals surface area contributed by atoms with Crippen molar-refractivity contribution in [1.29, 1.82) is 0 Å². The fraction of sp³-hybridized carbons (Fsp3) is 0.0588. The van der Waals surface area contributed by atoms with E-state index in [4.69, 9.17) is 11.6 Å². The van der Waals surface area contributed by atoms with E-state index in [-0.39, 0.29) is 5.16 Å². The minimum absolute atomic E-state index is 0.260. The van der Waals surface area contributed by atoms with Crippen molar-refractivity contribution in [3.63, 3.8) is 0 Å². The van der Waals surface area contributed by atoms with E-state index in [1.807, 2.05) is 30.3 Å². The molecule has 0 radical (unpaired) electrons. The molecule has 3 rings (SSSR count). The molecule has 0 saturated heterocycles. The standard InChI is InChI=1S/C17H13ClN2/c1-11(18)20-17-15-10-6-4-8-13(15)12-7-3-5-9-14(12)16(17)19-2/h3-10H,1H2,2H3. The Morgan fingerprint density at radius 2 is 1.30 bits per heavy atom. The lowest BCUT2D eigenvalue weighted by molar-refractivity contribution is 1.41. The normalized spacial score (nSPS) is 16.9. The molecular weight excluding hydrogens is 268 g/mol. The lowest BCUT2D eigenvalue weighted by atomic mass is 9.83. The second-order valence-corrected chi connectivity index (χ2v) is 4.94. The lowest BCUT2D eigenvalue weighted by Crippen LogP contribution is -2.23. The minimum atomic E-state index is 0.260. The van der Waals surface area contributed by atoms with Crippen LogP contribution in [0.3, 0.4) is 0 Å². The van der Waals surface area contributed by atoms with Gasteiger partial charge in [-0.25, -0.2) is 4.99 Å². The molecule has 0 fully saturated rings. The van der Waals surface area contributed by atoms with E-state index in [0.717, 1.165) is 28.1 Å². The highest BCUT2D eigenvalue weighted by molar-refractivity contribution is 6.57. The van der Waals surface area contributed by atoms with Gasteiger partial charge < -0.3 is 0 Å². The highest BCUT2D eigenvalue weighted by Crippen LogP contribution is 2.34. The zero-order valence-electron chi connectivity index (χ0n) is 11.1. The van der Waals surface area contributed by atoms with Crippen LogP contribution < -0.4 is 0 Å². The van der Waals surface area contributed by atoms with Gasteiger partial charge in [-0.3, -0.25) is 4.99 Å². The largest absolute Gasteiger partial charge is 0.286 e. The van der Waals surface area contributed by atoms with Crippen LogP contribution in [0.25, 0.3) is 11.1 Å². The zero-order valence-corrected chi connectivity index (χ0v) is 11.9. The maximum Gasteiger partial charge on any atom is 0.122 e. The number of rotatable bonds is 1. The third-order valence-electron chi connectivity index (χ3n) is 3.34. The fourth-order valence-corrected chi connectivity index (χ4v) is 2.65. The van der Waals surface area contributed by atoms with Crippen molar-refractivity contribution in [3.05, 3.63) is 71.4 Å². The Kier molecular flexibility index (Phi) is 3.25. The van der Waals surface area contributed by atoms with Crippen molar-refractivity contribution >= 4 is 23.0 Å². The van der Waals surface area contributed by atoms with Gasteiger partial charge in [-0.15, -0.1) is 0 Å². The van der Waals surface area contributed by atoms with Crippen molar-refractivity contribution in [2.24, 2.45) is 9.98 Å². The fourth-order valence-electron chi connectivity index (χ4n) is 2.56. The first-order valence-electron chi connectivity index (χ1n) is 6.32. The quantitative estimate of drug-likeness (QED) is 0.697. The van der Waals surface area contributed by atoms with E-state index in [2.05, 4.69) is 34.8 Å². The zero-order chi connectivity index (χ0) is 14.1. The van der Waals surface area contributed by atoms with Gasteiger partial charge in [0.15, 0.2) is 0 Å². The Morgan fingerprint density at radius 3 is 1.75 bits per heavy atom. The van der Waals surface area contributed by atoms with E-state index < -0.39 is 0 Å². The van der Waals surface area contributed by atoms with E-state index in [1.165, 1.54) is 5.56 Å². The Bertz CT molecular complexity index is 757. The number of benzene rings is 2. The molecular formula is C17H13ClN2. The van der Waals surface area contributed by atoms with Gasteiger partial charge in [-0.2, -0.15) is 0 Å². The van der Waals surface area contributed by atoms with Crippen molar-refractivity contribution in [2.75, 3.05) is 7.05 Å². The van der Waals surface area contributed by atoms with Gasteiger partial charge in [0.25, 0.3) is 0 Å². The molecule has 0 unspecified atom stereocenters. The summed E-state index contributed by atoms with van der Waals surface area (Å²) in [6.45, 7) is 3.67. The third kappa shape index (κ3) is 1.98. The predicted molar refractivity (Wildman–Crippen MR) is 85.9 cm³/mol. The summed E-state index contributed by atoms with van der Waals surface area (Å²) < 4.78 is 0. The van der Waals surface area contributed by atoms with Crippen LogP contribution in [-0.4, -0.2) is 18.5 Å². The molecule has 2 nitrogen and oxygen atoms in total. The smallest absolute Gasteiger partial charge is 0.122 e. The van der Waals surface area contributed by atoms with E-state index >= 15 is 0 Å². The first kappa shape index (κ1) is 12.8. The van der Waals surface area contributed by atoms with Crippen LogP contribution in [0.5, 0.6) is 0 Å². The topological polar surface area (TPSA) is 24.7 Å². The molecule has 0 heterocycles. The van der Waals surface area contributed by atoms with Gasteiger partial charge in [0.05, 0.1) is 11.4 Å². The van der Waals surface area contributed by atoms with Crippen LogP contribution in [0.2, 0.25) is 0 Å². The van der Waals surface area contributed by atoms with Crippen molar-refractivity contribution in [2.45, 2.75) is 0 Å². The SMILES string of the molecule is C=C(Cl)N=C1C(=NC)c2ccccc2-c2ccccc21. The average Bonchev–Trinajstić information content (AvgIpc) is 2.47. The maximum absolute atomic E-state index is 5.89. The van der Waals surface area contributed by atoms with Crippen molar-refractivity contribution in [3.8, 4) is 11.1 Å². The summed E-state index contributed by atoms with van der Waals surface area (Å²) in [5.74, 6) is 0. The van der Waals surface area contributed by atoms with Gasteiger partial charge in [0, 0.05) is 18.2 Å². The number of hydrogen-bond donors (Lipinski definition) is 0. The molecule has 0 spiro atoms. The average molecular weight is 281 g/mol. The summed E-state index contributed by atoms with van der Waals surface area (Å²) in [7, 11) is 1.77. The Balaban J connectivity index is 2.39. The van der Waals surface area contributed by atoms with Gasteiger partial charge >= 0.3 is 0 Å². The van der Waals surface area contributed by atoms with Gasteiger partial charge in [-0.05, 0) is 11.1 Å². The van der Waals surface area contributed by atoms with Crippen LogP contribution in [0.4, 0.5) is 0 Å². The summed E-state index contributed by atoms with van der Waals surface area (Å²) in [6, 6.07) is 16.3. The van der Waals surface area contributed by atoms with E-state index in [1.54, 1.807) is 7.05 Å². The summed E-state index contributed by atoms with van der Waals surface area (Å²) >= 11 is 5.89. The van der Waals surface area contributed by atoms with Gasteiger partial charge in [0.1, 0.15) is 5.16 Å². The molecule has 0 bridgehead atoms. The molecule has 1 aliphatic rings. The van der Waals surface area contributed by atoms with Crippen LogP contribution >= 0.6 is 11.6 Å². The maximum atomic E-state index is 5.89. The number of nitrogens with zero attached hydrogens (tertiary/aromatic N) is 2. The van der Waals surface area contributed by atoms with Crippen LogP contribution in [0.15, 0.2) is 70.3 Å². The van der Waals surface area contributed by atoms with Crippen LogP contribution in [0, 0.1) is 0 Å². The molecule has 20 heavy (non-hydrogen) atoms. The molecule has 0 amide bonds. The first-order chi connectivity index (χ1) is 9.72. The second-order valence-electron chi connectivity index (χ2n) is 4.50. The Labute approximate surface area is 123 Å². The Hall–Kier alpha value is -2.19. The summed E-state index contributed by atoms with van der Waals surface area (Å²) in [5, 5.41) is 0.260. The van der Waals surface area contributed by atoms with Gasteiger partial charge in [-0.1, -0.05) is 66.7 Å². The van der Waals surface area contributed by atoms with E-state index in [0.29, 0.717) is 0 Å². The molecule has 0 N–H and O–H groups in total. The third-order valence-corrected chi connectivity index (χ3v) is 3.42. The van der Waals surface area contributed by atoms with Crippen LogP contribution in [0.1, 0.15) is 11.1 Å². The number of halogens is 1. The Morgan fingerprint density at radius 1 is 0.850 bits per heavy atom. The highest BCUT2D eigenvalue weighted by atomic mass is 35.5. The highest BCUT2D eigenvalue weighted by Gasteiger charge is 2.25. The second kappa shape index (κ2) is 5.06. The van der Waals surface area contributed by atoms with Crippen LogP contribution in [-0.2, 0) is 0 Å². The van der Waals surface area contributed by atoms with E-state index in [9.17, 15) is 0 Å². The van der Waals surface area contributed by atoms with Crippen molar-refractivity contribution < 1.29 is 0 Å². The molecule has 3 heteroatoms. The number of fused-ring (bicyclic) bond motifs is 3. The number of aliphatic imine (C=N–C) groups is 2. The molecule has 0 aromatic heterocycles. The summed E-state index contributed by atoms with van der Waals surface area (Å²) in [6.07, 6.45) is 0. The molecule has 0 aliphatic heterocycles. The molecule has 0 atom stereocenters. The molecule has 1 aliphatic carbocycles. The monoisotopic (exact) mass is 280 g/mol. The van der Waals surface area contributed by atoms with Gasteiger partial charge in [0.2, 0.25) is 0 Å². The lowest BCUT2D eigenvalue weighted by Gasteiger charge is -2.22. The molecule has 2 aromatic rings. The summed E-state index contributed by atoms with van der Waals surface area (Å²) in [5.41, 5.74) is 6.05. The minimum Gasteiger partial charge on any atom is -0.286 e. The first-order valence-corrected chi connectivity index (χ1v) is 6.69. The number of hydrogen-bond acceptors (Lipinski definition) is 2. The predicted octanol–water partition coefficient (Wildman–Crippen LogP) is 4.29. The van der Waals surface area contributed by atoms with Crippen molar-refractivity contribution in [1.82, 2.24) is 0 Å². The molecule has 0 saturated carbocycles. The summed E-state index contributed by atoms with van der Waals surface area (Å²) in [4.78, 5) is 8.79. The molecule has 2 aromatic carbocycles. The molecule has 98 valence electrons.